The molecule has 2 aliphatic heterocycles. The van der Waals surface area contributed by atoms with E-state index in [1.165, 1.54) is 0 Å². The Hall–Kier alpha value is -1.52. The Kier molecular flexibility index (Phi) is 2.97. The smallest absolute Gasteiger partial charge is 0.233 e. The van der Waals surface area contributed by atoms with Crippen molar-refractivity contribution in [2.45, 2.75) is 25.0 Å². The van der Waals surface area contributed by atoms with Crippen LogP contribution in [0.2, 0.25) is 0 Å². The van der Waals surface area contributed by atoms with Gasteiger partial charge in [-0.25, -0.2) is 0 Å². The molecule has 2 aliphatic rings. The summed E-state index contributed by atoms with van der Waals surface area (Å²) in [4.78, 5) is 22.0. The molecule has 2 saturated heterocycles. The normalized spacial score (nSPS) is 24.7. The van der Waals surface area contributed by atoms with Gasteiger partial charge in [0.05, 0.1) is 25.4 Å². The zero-order valence-electron chi connectivity index (χ0n) is 9.77. The highest BCUT2D eigenvalue weighted by molar-refractivity contribution is 5.84. The number of benzene rings is 1. The average Bonchev–Trinajstić information content (AvgIpc) is 3.24. The Balaban J connectivity index is 2.01. The molecule has 18 heavy (non-hydrogen) atoms. The largest absolute Gasteiger partial charge is 0.373 e. The Bertz CT molecular complexity index is 442. The van der Waals surface area contributed by atoms with Gasteiger partial charge in [0.1, 0.15) is 0 Å². The van der Waals surface area contributed by atoms with Crippen LogP contribution in [0.5, 0.6) is 0 Å². The molecule has 2 atom stereocenters. The highest BCUT2D eigenvalue weighted by Gasteiger charge is 2.30. The summed E-state index contributed by atoms with van der Waals surface area (Å²) in [6, 6.07) is 3.25. The van der Waals surface area contributed by atoms with Crippen LogP contribution in [-0.2, 0) is 31.9 Å². The van der Waals surface area contributed by atoms with Crippen molar-refractivity contribution in [1.29, 1.82) is 0 Å². The third kappa shape index (κ3) is 2.35. The van der Waals surface area contributed by atoms with Crippen molar-refractivity contribution in [3.05, 3.63) is 34.4 Å². The van der Waals surface area contributed by atoms with E-state index < -0.39 is 0 Å². The summed E-state index contributed by atoms with van der Waals surface area (Å²) >= 11 is 0. The van der Waals surface area contributed by atoms with Gasteiger partial charge in [-0.15, -0.1) is 0 Å². The number of epoxide rings is 2. The maximum atomic E-state index is 11.0. The molecule has 1 aromatic rings. The summed E-state index contributed by atoms with van der Waals surface area (Å²) in [5.74, 6) is 0. The highest BCUT2D eigenvalue weighted by Crippen LogP contribution is 2.27. The van der Waals surface area contributed by atoms with E-state index in [1.807, 2.05) is 12.6 Å². The molecule has 4 nitrogen and oxygen atoms in total. The number of rotatable bonds is 6. The average molecular weight is 244 g/mol. The van der Waals surface area contributed by atoms with Crippen LogP contribution >= 0.6 is 0 Å². The minimum atomic E-state index is 0.165. The fourth-order valence-electron chi connectivity index (χ4n) is 2.18. The predicted molar refractivity (Wildman–Crippen MR) is 62.9 cm³/mol. The first-order valence-corrected chi connectivity index (χ1v) is 5.96. The van der Waals surface area contributed by atoms with E-state index in [0.717, 1.165) is 11.1 Å². The summed E-state index contributed by atoms with van der Waals surface area (Å²) in [6.45, 7) is 1.43. The topological polar surface area (TPSA) is 59.2 Å². The lowest BCUT2D eigenvalue weighted by Gasteiger charge is -2.12. The molecule has 0 aliphatic carbocycles. The van der Waals surface area contributed by atoms with Gasteiger partial charge in [-0.05, 0) is 23.3 Å². The lowest BCUT2D eigenvalue weighted by molar-refractivity contribution is 0.401. The lowest BCUT2D eigenvalue weighted by Crippen LogP contribution is -2.09. The molecule has 92 valence electrons. The fourth-order valence-corrected chi connectivity index (χ4v) is 2.18. The highest BCUT2D eigenvalue weighted by atomic mass is 16.6. The first-order valence-electron chi connectivity index (χ1n) is 5.96. The molecule has 3 rings (SSSR count). The Morgan fingerprint density at radius 2 is 1.33 bits per heavy atom. The number of hydrogen-bond acceptors (Lipinski definition) is 4. The van der Waals surface area contributed by atoms with Crippen LogP contribution in [0.25, 0.3) is 0 Å². The van der Waals surface area contributed by atoms with Gasteiger partial charge >= 0.3 is 0 Å². The number of hydrogen-bond donors (Lipinski definition) is 0. The van der Waals surface area contributed by atoms with Crippen LogP contribution < -0.4 is 0 Å². The summed E-state index contributed by atoms with van der Waals surface area (Å²) in [6.07, 6.45) is 5.51. The first kappa shape index (κ1) is 11.6. The van der Waals surface area contributed by atoms with Crippen molar-refractivity contribution < 1.29 is 19.1 Å². The van der Waals surface area contributed by atoms with Gasteiger partial charge in [0.15, 0.2) is 0 Å². The van der Waals surface area contributed by atoms with E-state index in [0.29, 0.717) is 37.2 Å². The van der Waals surface area contributed by atoms with Crippen molar-refractivity contribution in [3.63, 3.8) is 0 Å². The van der Waals surface area contributed by atoms with Crippen LogP contribution in [-0.4, -0.2) is 38.0 Å². The van der Waals surface area contributed by atoms with E-state index >= 15 is 0 Å². The van der Waals surface area contributed by atoms with Crippen molar-refractivity contribution in [2.24, 2.45) is 0 Å². The van der Waals surface area contributed by atoms with E-state index in [9.17, 15) is 9.59 Å². The van der Waals surface area contributed by atoms with Gasteiger partial charge in [0, 0.05) is 24.0 Å². The molecular formula is C14H12O4. The summed E-state index contributed by atoms with van der Waals surface area (Å²) in [7, 11) is 0. The summed E-state index contributed by atoms with van der Waals surface area (Å²) < 4.78 is 10.4. The van der Waals surface area contributed by atoms with E-state index in [4.69, 9.17) is 9.47 Å². The quantitative estimate of drug-likeness (QED) is 0.683. The van der Waals surface area contributed by atoms with Crippen LogP contribution in [0.15, 0.2) is 12.1 Å². The summed E-state index contributed by atoms with van der Waals surface area (Å²) in [5.41, 5.74) is 2.76. The molecule has 0 aromatic heterocycles. The van der Waals surface area contributed by atoms with Gasteiger partial charge in [-0.1, -0.05) is 0 Å². The molecule has 4 heteroatoms. The number of ether oxygens (including phenoxy) is 2. The second kappa shape index (κ2) is 4.63. The predicted octanol–water partition coefficient (Wildman–Crippen LogP) is 0.485. The SMILES string of the molecule is O=[C]c1ccc([C]=O)c(CC2CO2)c1CC1CO1. The molecule has 0 bridgehead atoms. The monoisotopic (exact) mass is 244 g/mol. The van der Waals surface area contributed by atoms with E-state index in [2.05, 4.69) is 0 Å². The standard InChI is InChI=1S/C14H12O4/c15-5-9-1-2-10(6-16)14(4-12-8-18-12)13(9)3-11-7-17-11/h1-2,11-12H,3-4,7-8H2. The van der Waals surface area contributed by atoms with Gasteiger partial charge < -0.3 is 9.47 Å². The molecule has 0 saturated carbocycles. The molecule has 2 fully saturated rings. The minimum Gasteiger partial charge on any atom is -0.373 e. The van der Waals surface area contributed by atoms with Gasteiger partial charge in [-0.3, -0.25) is 9.59 Å². The van der Waals surface area contributed by atoms with Gasteiger partial charge in [0.25, 0.3) is 0 Å². The molecule has 0 spiro atoms. The zero-order valence-corrected chi connectivity index (χ0v) is 9.77. The molecule has 2 radical (unpaired) electrons. The third-order valence-corrected chi connectivity index (χ3v) is 3.32. The maximum absolute atomic E-state index is 11.0. The second-order valence-electron chi connectivity index (χ2n) is 4.64. The molecular weight excluding hydrogens is 232 g/mol. The summed E-state index contributed by atoms with van der Waals surface area (Å²) in [5, 5.41) is 0. The molecule has 2 unspecified atom stereocenters. The van der Waals surface area contributed by atoms with Gasteiger partial charge in [0.2, 0.25) is 12.6 Å². The molecule has 0 amide bonds. The number of carbonyl (C=O) groups excluding carboxylic acids is 2. The minimum absolute atomic E-state index is 0.165. The maximum Gasteiger partial charge on any atom is 0.233 e. The first-order chi connectivity index (χ1) is 8.81. The van der Waals surface area contributed by atoms with E-state index in [1.54, 1.807) is 12.1 Å². The zero-order chi connectivity index (χ0) is 12.5. The lowest BCUT2D eigenvalue weighted by atomic mass is 9.91. The van der Waals surface area contributed by atoms with Gasteiger partial charge in [-0.2, -0.15) is 0 Å². The van der Waals surface area contributed by atoms with Crippen LogP contribution in [0, 0.1) is 0 Å². The Morgan fingerprint density at radius 3 is 1.61 bits per heavy atom. The van der Waals surface area contributed by atoms with Crippen LogP contribution in [0.4, 0.5) is 0 Å². The van der Waals surface area contributed by atoms with Crippen molar-refractivity contribution >= 4 is 12.6 Å². The molecule has 2 heterocycles. The van der Waals surface area contributed by atoms with Crippen LogP contribution in [0.1, 0.15) is 22.3 Å². The Morgan fingerprint density at radius 1 is 0.944 bits per heavy atom. The van der Waals surface area contributed by atoms with Crippen molar-refractivity contribution in [2.75, 3.05) is 13.2 Å². The van der Waals surface area contributed by atoms with E-state index in [-0.39, 0.29) is 12.2 Å². The second-order valence-corrected chi connectivity index (χ2v) is 4.64. The van der Waals surface area contributed by atoms with Crippen molar-refractivity contribution in [1.82, 2.24) is 0 Å². The Labute approximate surface area is 105 Å². The molecule has 0 N–H and O–H groups in total. The molecule has 1 aromatic carbocycles. The van der Waals surface area contributed by atoms with Crippen molar-refractivity contribution in [3.8, 4) is 0 Å². The third-order valence-electron chi connectivity index (χ3n) is 3.32. The fraction of sp³-hybridized carbons (Fsp3) is 0.429. The van der Waals surface area contributed by atoms with Crippen LogP contribution in [0.3, 0.4) is 0 Å².